The number of nitrogens with zero attached hydrogens (tertiary/aromatic N) is 3. The van der Waals surface area contributed by atoms with Crippen LogP contribution >= 0.6 is 0 Å². The largest absolute Gasteiger partial charge is 0.320 e. The predicted molar refractivity (Wildman–Crippen MR) is 87.7 cm³/mol. The molecule has 1 aromatic heterocycles. The van der Waals surface area contributed by atoms with Crippen molar-refractivity contribution in [1.82, 2.24) is 14.7 Å². The van der Waals surface area contributed by atoms with Crippen LogP contribution in [0.3, 0.4) is 0 Å². The van der Waals surface area contributed by atoms with E-state index in [0.717, 1.165) is 11.1 Å². The summed E-state index contributed by atoms with van der Waals surface area (Å²) >= 11 is 0. The monoisotopic (exact) mass is 309 g/mol. The first-order valence-corrected chi connectivity index (χ1v) is 7.40. The lowest BCUT2D eigenvalue weighted by molar-refractivity contribution is -0.126. The van der Waals surface area contributed by atoms with Gasteiger partial charge in [-0.05, 0) is 19.4 Å². The SMILES string of the molecule is C#CCN(Cc1ccc(C)cc1)C(=O)C(=O)c1cnn(CC)c1. The van der Waals surface area contributed by atoms with E-state index in [2.05, 4.69) is 11.0 Å². The fourth-order valence-corrected chi connectivity index (χ4v) is 2.14. The number of hydrogen-bond acceptors (Lipinski definition) is 3. The zero-order valence-corrected chi connectivity index (χ0v) is 13.3. The van der Waals surface area contributed by atoms with E-state index < -0.39 is 11.7 Å². The van der Waals surface area contributed by atoms with Gasteiger partial charge in [-0.25, -0.2) is 0 Å². The van der Waals surface area contributed by atoms with Crippen LogP contribution in [0, 0.1) is 19.3 Å². The summed E-state index contributed by atoms with van der Waals surface area (Å²) in [5, 5.41) is 4.02. The third kappa shape index (κ3) is 4.07. The molecule has 1 amide bonds. The standard InChI is InChI=1S/C18H19N3O2/c1-4-10-20(12-15-8-6-14(3)7-9-15)18(23)17(22)16-11-19-21(5-2)13-16/h1,6-9,11,13H,5,10,12H2,2-3H3. The molecular formula is C18H19N3O2. The lowest BCUT2D eigenvalue weighted by Gasteiger charge is -2.19. The Morgan fingerprint density at radius 1 is 1.30 bits per heavy atom. The number of terminal acetylenes is 1. The molecule has 0 aliphatic rings. The van der Waals surface area contributed by atoms with Crippen LogP contribution in [0.1, 0.15) is 28.4 Å². The molecule has 0 aliphatic heterocycles. The molecular weight excluding hydrogens is 290 g/mol. The second kappa shape index (κ2) is 7.41. The molecule has 0 aliphatic carbocycles. The van der Waals surface area contributed by atoms with Gasteiger partial charge < -0.3 is 4.90 Å². The van der Waals surface area contributed by atoms with Gasteiger partial charge in [-0.3, -0.25) is 14.3 Å². The number of benzene rings is 1. The second-order valence-electron chi connectivity index (χ2n) is 5.26. The highest BCUT2D eigenvalue weighted by atomic mass is 16.2. The molecule has 5 nitrogen and oxygen atoms in total. The van der Waals surface area contributed by atoms with Crippen molar-refractivity contribution in [3.8, 4) is 12.3 Å². The number of carbonyl (C=O) groups is 2. The van der Waals surface area contributed by atoms with Crippen molar-refractivity contribution >= 4 is 11.7 Å². The van der Waals surface area contributed by atoms with Crippen molar-refractivity contribution in [2.24, 2.45) is 0 Å². The summed E-state index contributed by atoms with van der Waals surface area (Å²) in [6.07, 6.45) is 8.31. The zero-order valence-electron chi connectivity index (χ0n) is 13.3. The van der Waals surface area contributed by atoms with Gasteiger partial charge in [-0.2, -0.15) is 5.10 Å². The van der Waals surface area contributed by atoms with E-state index in [1.165, 1.54) is 11.1 Å². The highest BCUT2D eigenvalue weighted by molar-refractivity contribution is 6.42. The average molecular weight is 309 g/mol. The normalized spacial score (nSPS) is 10.1. The predicted octanol–water partition coefficient (Wildman–Crippen LogP) is 2.06. The molecule has 0 atom stereocenters. The first kappa shape index (κ1) is 16.5. The fourth-order valence-electron chi connectivity index (χ4n) is 2.14. The summed E-state index contributed by atoms with van der Waals surface area (Å²) in [5.74, 6) is 1.23. The number of aromatic nitrogens is 2. The van der Waals surface area contributed by atoms with Crippen LogP contribution in [0.25, 0.3) is 0 Å². The molecule has 0 unspecified atom stereocenters. The molecule has 0 saturated heterocycles. The Labute approximate surface area is 135 Å². The lowest BCUT2D eigenvalue weighted by atomic mass is 10.1. The molecule has 0 N–H and O–H groups in total. The fraction of sp³-hybridized carbons (Fsp3) is 0.278. The third-order valence-corrected chi connectivity index (χ3v) is 3.48. The lowest BCUT2D eigenvalue weighted by Crippen LogP contribution is -2.36. The molecule has 2 rings (SSSR count). The molecule has 1 aromatic carbocycles. The van der Waals surface area contributed by atoms with Crippen LogP contribution in [0.5, 0.6) is 0 Å². The first-order chi connectivity index (χ1) is 11.0. The quantitative estimate of drug-likeness (QED) is 0.466. The minimum atomic E-state index is -0.612. The number of carbonyl (C=O) groups excluding carboxylic acids is 2. The van der Waals surface area contributed by atoms with Crippen LogP contribution in [0.15, 0.2) is 36.7 Å². The van der Waals surface area contributed by atoms with Crippen molar-refractivity contribution in [3.63, 3.8) is 0 Å². The Kier molecular flexibility index (Phi) is 5.32. The van der Waals surface area contributed by atoms with Crippen LogP contribution in [-0.2, 0) is 17.9 Å². The first-order valence-electron chi connectivity index (χ1n) is 7.40. The number of Topliss-reactive ketones (excluding diaryl/α,β-unsaturated/α-hetero) is 1. The van der Waals surface area contributed by atoms with Gasteiger partial charge in [-0.15, -0.1) is 6.42 Å². The summed E-state index contributed by atoms with van der Waals surface area (Å²) in [6, 6.07) is 7.76. The van der Waals surface area contributed by atoms with Gasteiger partial charge >= 0.3 is 0 Å². The maximum Gasteiger partial charge on any atom is 0.296 e. The zero-order chi connectivity index (χ0) is 16.8. The Morgan fingerprint density at radius 2 is 2.00 bits per heavy atom. The molecule has 0 radical (unpaired) electrons. The van der Waals surface area contributed by atoms with Gasteiger partial charge in [0.1, 0.15) is 0 Å². The molecule has 118 valence electrons. The molecule has 0 bridgehead atoms. The van der Waals surface area contributed by atoms with E-state index >= 15 is 0 Å². The summed E-state index contributed by atoms with van der Waals surface area (Å²) in [6.45, 7) is 4.92. The van der Waals surface area contributed by atoms with E-state index in [0.29, 0.717) is 13.1 Å². The van der Waals surface area contributed by atoms with Gasteiger partial charge in [0.2, 0.25) is 0 Å². The van der Waals surface area contributed by atoms with Crippen LogP contribution < -0.4 is 0 Å². The second-order valence-corrected chi connectivity index (χ2v) is 5.26. The van der Waals surface area contributed by atoms with Gasteiger partial charge in [-0.1, -0.05) is 35.7 Å². The van der Waals surface area contributed by atoms with Crippen LogP contribution in [0.2, 0.25) is 0 Å². The highest BCUT2D eigenvalue weighted by Crippen LogP contribution is 2.09. The molecule has 2 aromatic rings. The highest BCUT2D eigenvalue weighted by Gasteiger charge is 2.24. The average Bonchev–Trinajstić information content (AvgIpc) is 3.04. The number of rotatable bonds is 6. The molecule has 23 heavy (non-hydrogen) atoms. The molecule has 1 heterocycles. The topological polar surface area (TPSA) is 55.2 Å². The number of hydrogen-bond donors (Lipinski definition) is 0. The molecule has 0 spiro atoms. The third-order valence-electron chi connectivity index (χ3n) is 3.48. The molecule has 5 heteroatoms. The van der Waals surface area contributed by atoms with Gasteiger partial charge in [0, 0.05) is 19.3 Å². The van der Waals surface area contributed by atoms with Crippen LogP contribution in [0.4, 0.5) is 0 Å². The number of aryl methyl sites for hydroxylation is 2. The van der Waals surface area contributed by atoms with Gasteiger partial charge in [0.05, 0.1) is 18.3 Å². The van der Waals surface area contributed by atoms with E-state index in [1.807, 2.05) is 38.1 Å². The Balaban J connectivity index is 2.15. The minimum Gasteiger partial charge on any atom is -0.320 e. The summed E-state index contributed by atoms with van der Waals surface area (Å²) < 4.78 is 1.60. The maximum absolute atomic E-state index is 12.4. The number of ketones is 1. The summed E-state index contributed by atoms with van der Waals surface area (Å²) in [4.78, 5) is 26.1. The van der Waals surface area contributed by atoms with Crippen molar-refractivity contribution in [2.75, 3.05) is 6.54 Å². The van der Waals surface area contributed by atoms with Gasteiger partial charge in [0.15, 0.2) is 0 Å². The minimum absolute atomic E-state index is 0.0837. The van der Waals surface area contributed by atoms with Crippen molar-refractivity contribution < 1.29 is 9.59 Å². The molecule has 0 saturated carbocycles. The Morgan fingerprint density at radius 3 is 2.57 bits per heavy atom. The van der Waals surface area contributed by atoms with Crippen molar-refractivity contribution in [3.05, 3.63) is 53.3 Å². The summed E-state index contributed by atoms with van der Waals surface area (Å²) in [7, 11) is 0. The van der Waals surface area contributed by atoms with Crippen molar-refractivity contribution in [1.29, 1.82) is 0 Å². The van der Waals surface area contributed by atoms with Crippen LogP contribution in [-0.4, -0.2) is 32.9 Å². The van der Waals surface area contributed by atoms with E-state index in [9.17, 15) is 9.59 Å². The number of amides is 1. The Bertz CT molecular complexity index is 738. The van der Waals surface area contributed by atoms with E-state index in [1.54, 1.807) is 10.9 Å². The molecule has 0 fully saturated rings. The Hall–Kier alpha value is -2.87. The smallest absolute Gasteiger partial charge is 0.296 e. The summed E-state index contributed by atoms with van der Waals surface area (Å²) in [5.41, 5.74) is 2.34. The van der Waals surface area contributed by atoms with Crippen molar-refractivity contribution in [2.45, 2.75) is 26.9 Å². The van der Waals surface area contributed by atoms with E-state index in [-0.39, 0.29) is 12.1 Å². The van der Waals surface area contributed by atoms with E-state index in [4.69, 9.17) is 6.42 Å². The maximum atomic E-state index is 12.4. The van der Waals surface area contributed by atoms with Gasteiger partial charge in [0.25, 0.3) is 11.7 Å².